The molecule has 0 saturated carbocycles. The molecule has 2 aromatic rings. The topological polar surface area (TPSA) is 40.5 Å². The molecule has 148 valence electrons. The molecule has 0 aliphatic carbocycles. The summed E-state index contributed by atoms with van der Waals surface area (Å²) >= 11 is 0. The van der Waals surface area contributed by atoms with Gasteiger partial charge in [0.05, 0.1) is 0 Å². The number of aromatic hydroxyl groups is 2. The van der Waals surface area contributed by atoms with E-state index in [0.717, 1.165) is 19.1 Å². The summed E-state index contributed by atoms with van der Waals surface area (Å²) in [7, 11) is 0. The van der Waals surface area contributed by atoms with E-state index in [2.05, 4.69) is 0 Å². The molecule has 0 heterocycles. The van der Waals surface area contributed by atoms with Crippen molar-refractivity contribution in [1.29, 1.82) is 0 Å². The van der Waals surface area contributed by atoms with Crippen molar-refractivity contribution >= 4 is 0 Å². The fourth-order valence-corrected chi connectivity index (χ4v) is 3.54. The summed E-state index contributed by atoms with van der Waals surface area (Å²) in [4.78, 5) is 0. The van der Waals surface area contributed by atoms with Crippen LogP contribution in [0.1, 0.15) is 33.4 Å². The molecule has 0 spiro atoms. The fraction of sp³-hybridized carbons (Fsp3) is 0.368. The Bertz CT molecular complexity index is 838. The van der Waals surface area contributed by atoms with Crippen molar-refractivity contribution in [2.24, 2.45) is 0 Å². The molecular formula is C19H18F6O2. The van der Waals surface area contributed by atoms with E-state index >= 15 is 0 Å². The summed E-state index contributed by atoms with van der Waals surface area (Å²) in [5.41, 5.74) is -7.04. The lowest BCUT2D eigenvalue weighted by molar-refractivity contribution is -0.289. The maximum atomic E-state index is 14.2. The number of hydrogen-bond donors (Lipinski definition) is 2. The number of alkyl halides is 6. The first-order valence-electron chi connectivity index (χ1n) is 7.90. The summed E-state index contributed by atoms with van der Waals surface area (Å²) < 4.78 is 85.3. The zero-order chi connectivity index (χ0) is 20.9. The highest BCUT2D eigenvalue weighted by Crippen LogP contribution is 2.59. The van der Waals surface area contributed by atoms with E-state index in [4.69, 9.17) is 0 Å². The van der Waals surface area contributed by atoms with Gasteiger partial charge in [-0.1, -0.05) is 12.1 Å². The zero-order valence-electron chi connectivity index (χ0n) is 15.0. The minimum atomic E-state index is -5.79. The van der Waals surface area contributed by atoms with Gasteiger partial charge in [-0.05, 0) is 73.2 Å². The second kappa shape index (κ2) is 6.35. The maximum Gasteiger partial charge on any atom is 0.411 e. The highest BCUT2D eigenvalue weighted by Gasteiger charge is 2.73. The molecule has 0 fully saturated rings. The van der Waals surface area contributed by atoms with Crippen LogP contribution >= 0.6 is 0 Å². The van der Waals surface area contributed by atoms with Crippen molar-refractivity contribution in [3.05, 3.63) is 57.6 Å². The van der Waals surface area contributed by atoms with Crippen LogP contribution in [0.2, 0.25) is 0 Å². The van der Waals surface area contributed by atoms with E-state index in [0.29, 0.717) is 12.1 Å². The average molecular weight is 392 g/mol. The third kappa shape index (κ3) is 2.91. The molecule has 0 aliphatic rings. The summed E-state index contributed by atoms with van der Waals surface area (Å²) in [6.07, 6.45) is -11.6. The Kier molecular flexibility index (Phi) is 4.92. The van der Waals surface area contributed by atoms with Gasteiger partial charge < -0.3 is 10.2 Å². The monoisotopic (exact) mass is 392 g/mol. The van der Waals surface area contributed by atoms with Crippen LogP contribution in [0, 0.1) is 27.7 Å². The van der Waals surface area contributed by atoms with Gasteiger partial charge in [0.25, 0.3) is 0 Å². The predicted octanol–water partition coefficient (Wildman–Crippen LogP) is 5.74. The third-order valence-electron chi connectivity index (χ3n) is 5.09. The Balaban J connectivity index is 3.19. The molecule has 0 unspecified atom stereocenters. The van der Waals surface area contributed by atoms with Crippen molar-refractivity contribution in [2.45, 2.75) is 45.5 Å². The van der Waals surface area contributed by atoms with Gasteiger partial charge in [-0.15, -0.1) is 0 Å². The summed E-state index contributed by atoms with van der Waals surface area (Å²) in [5, 5.41) is 19.8. The van der Waals surface area contributed by atoms with E-state index in [-0.39, 0.29) is 16.7 Å². The molecule has 0 atom stereocenters. The first-order valence-corrected chi connectivity index (χ1v) is 7.90. The molecule has 2 rings (SSSR count). The molecule has 27 heavy (non-hydrogen) atoms. The number of phenolic OH excluding ortho intramolecular Hbond substituents is 2. The Morgan fingerprint density at radius 1 is 0.704 bits per heavy atom. The molecule has 0 bridgehead atoms. The van der Waals surface area contributed by atoms with E-state index in [9.17, 15) is 36.6 Å². The van der Waals surface area contributed by atoms with Crippen molar-refractivity contribution in [1.82, 2.24) is 0 Å². The molecular weight excluding hydrogens is 374 g/mol. The zero-order valence-corrected chi connectivity index (χ0v) is 15.0. The molecule has 0 amide bonds. The van der Waals surface area contributed by atoms with Crippen molar-refractivity contribution in [3.63, 3.8) is 0 Å². The summed E-state index contributed by atoms with van der Waals surface area (Å²) in [5.74, 6) is -1.35. The number of rotatable bonds is 2. The van der Waals surface area contributed by atoms with Crippen LogP contribution in [0.15, 0.2) is 24.3 Å². The van der Waals surface area contributed by atoms with Crippen LogP contribution in [-0.2, 0) is 5.41 Å². The molecule has 2 aromatic carbocycles. The van der Waals surface area contributed by atoms with Crippen LogP contribution in [0.4, 0.5) is 26.3 Å². The SMILES string of the molecule is Cc1c(C)c(O)c(C)c(C(c2cccc(O)c2)(C(F)(F)F)C(F)(F)F)c1C. The van der Waals surface area contributed by atoms with E-state index in [1.54, 1.807) is 0 Å². The average Bonchev–Trinajstić information content (AvgIpc) is 2.52. The molecule has 2 N–H and O–H groups in total. The minimum Gasteiger partial charge on any atom is -0.508 e. The Morgan fingerprint density at radius 3 is 1.67 bits per heavy atom. The lowest BCUT2D eigenvalue weighted by Gasteiger charge is -2.40. The quantitative estimate of drug-likeness (QED) is 0.640. The molecule has 0 aromatic heterocycles. The second-order valence-corrected chi connectivity index (χ2v) is 6.52. The van der Waals surface area contributed by atoms with E-state index < -0.39 is 46.0 Å². The first kappa shape index (κ1) is 20.9. The van der Waals surface area contributed by atoms with Crippen LogP contribution in [0.3, 0.4) is 0 Å². The maximum absolute atomic E-state index is 14.2. The Hall–Kier alpha value is -2.38. The standard InChI is InChI=1S/C19H18F6O2/c1-9-10(2)15(12(4)16(27)11(9)3)17(18(20,21)22,19(23,24)25)13-6-5-7-14(26)8-13/h5-8,26-27H,1-4H3. The van der Waals surface area contributed by atoms with Gasteiger partial charge >= 0.3 is 12.4 Å². The third-order valence-corrected chi connectivity index (χ3v) is 5.09. The van der Waals surface area contributed by atoms with Gasteiger partial charge in [-0.3, -0.25) is 0 Å². The van der Waals surface area contributed by atoms with Gasteiger partial charge in [-0.25, -0.2) is 0 Å². The number of phenols is 2. The first-order chi connectivity index (χ1) is 12.2. The second-order valence-electron chi connectivity index (χ2n) is 6.52. The van der Waals surface area contributed by atoms with Crippen molar-refractivity contribution in [3.8, 4) is 11.5 Å². The van der Waals surface area contributed by atoms with Crippen molar-refractivity contribution in [2.75, 3.05) is 0 Å². The molecule has 0 aliphatic heterocycles. The smallest absolute Gasteiger partial charge is 0.411 e. The minimum absolute atomic E-state index is 0.131. The van der Waals surface area contributed by atoms with Gasteiger partial charge in [0, 0.05) is 0 Å². The van der Waals surface area contributed by atoms with Gasteiger partial charge in [0.2, 0.25) is 5.41 Å². The molecule has 0 radical (unpaired) electrons. The van der Waals surface area contributed by atoms with Crippen molar-refractivity contribution < 1.29 is 36.6 Å². The Morgan fingerprint density at radius 2 is 1.22 bits per heavy atom. The largest absolute Gasteiger partial charge is 0.508 e. The highest BCUT2D eigenvalue weighted by molar-refractivity contribution is 5.60. The van der Waals surface area contributed by atoms with Crippen LogP contribution < -0.4 is 0 Å². The van der Waals surface area contributed by atoms with Crippen LogP contribution in [0.25, 0.3) is 0 Å². The fourth-order valence-electron chi connectivity index (χ4n) is 3.54. The van der Waals surface area contributed by atoms with Gasteiger partial charge in [0.15, 0.2) is 0 Å². The molecule has 2 nitrogen and oxygen atoms in total. The lowest BCUT2D eigenvalue weighted by Crippen LogP contribution is -2.55. The summed E-state index contributed by atoms with van der Waals surface area (Å²) in [6, 6.07) is 3.03. The Labute approximate surface area is 152 Å². The van der Waals surface area contributed by atoms with Gasteiger partial charge in [0.1, 0.15) is 11.5 Å². The predicted molar refractivity (Wildman–Crippen MR) is 88.1 cm³/mol. The normalized spacial score (nSPS) is 13.1. The van der Waals surface area contributed by atoms with Gasteiger partial charge in [-0.2, -0.15) is 26.3 Å². The van der Waals surface area contributed by atoms with E-state index in [1.807, 2.05) is 0 Å². The number of halogens is 6. The number of hydrogen-bond acceptors (Lipinski definition) is 2. The summed E-state index contributed by atoms with van der Waals surface area (Å²) in [6.45, 7) is 4.97. The lowest BCUT2D eigenvalue weighted by atomic mass is 9.68. The highest BCUT2D eigenvalue weighted by atomic mass is 19.4. The van der Waals surface area contributed by atoms with Crippen LogP contribution in [0.5, 0.6) is 11.5 Å². The molecule has 8 heteroatoms. The molecule has 0 saturated heterocycles. The number of benzene rings is 2. The van der Waals surface area contributed by atoms with Crippen LogP contribution in [-0.4, -0.2) is 22.6 Å². The van der Waals surface area contributed by atoms with E-state index in [1.165, 1.54) is 20.8 Å².